The molecule has 3 nitrogen and oxygen atoms in total. The maximum atomic E-state index is 11.3. The fourth-order valence-electron chi connectivity index (χ4n) is 1.39. The molecule has 86 valence electrons. The van der Waals surface area contributed by atoms with Gasteiger partial charge in [0, 0.05) is 0 Å². The molecule has 4 heteroatoms. The third-order valence-electron chi connectivity index (χ3n) is 2.25. The molecule has 0 aliphatic carbocycles. The summed E-state index contributed by atoms with van der Waals surface area (Å²) in [6.45, 7) is 0. The molecule has 1 aliphatic heterocycles. The van der Waals surface area contributed by atoms with Crippen LogP contribution in [0.3, 0.4) is 0 Å². The number of benzene rings is 1. The van der Waals surface area contributed by atoms with Crippen LogP contribution in [0.2, 0.25) is 0 Å². The second kappa shape index (κ2) is 5.46. The largest absolute Gasteiger partial charge is 0.367 e. The van der Waals surface area contributed by atoms with E-state index in [-0.39, 0.29) is 5.88 Å². The Labute approximate surface area is 104 Å². The molecule has 1 aromatic rings. The van der Waals surface area contributed by atoms with E-state index in [1.807, 2.05) is 36.4 Å². The molecule has 1 heterocycles. The molecule has 0 radical (unpaired) electrons. The van der Waals surface area contributed by atoms with Gasteiger partial charge in [0.05, 0.1) is 11.5 Å². The summed E-state index contributed by atoms with van der Waals surface area (Å²) in [4.78, 5) is 15.8. The normalized spacial score (nSPS) is 17.6. The Morgan fingerprint density at radius 2 is 2.06 bits per heavy atom. The lowest BCUT2D eigenvalue weighted by Gasteiger charge is -1.92. The number of alkyl halides is 1. The van der Waals surface area contributed by atoms with Gasteiger partial charge in [0.1, 0.15) is 5.71 Å². The van der Waals surface area contributed by atoms with E-state index in [4.69, 9.17) is 11.6 Å². The molecule has 0 spiro atoms. The van der Waals surface area contributed by atoms with Gasteiger partial charge >= 0.3 is 5.97 Å². The second-order valence-corrected chi connectivity index (χ2v) is 3.67. The Morgan fingerprint density at radius 1 is 1.29 bits per heavy atom. The molecule has 0 bridgehead atoms. The zero-order valence-corrected chi connectivity index (χ0v) is 9.72. The van der Waals surface area contributed by atoms with Crippen LogP contribution in [0.1, 0.15) is 5.56 Å². The molecular formula is C13H10ClNO2. The summed E-state index contributed by atoms with van der Waals surface area (Å²) in [7, 11) is 0. The fraction of sp³-hybridized carbons (Fsp3) is 0.0769. The first kappa shape index (κ1) is 11.6. The van der Waals surface area contributed by atoms with Crippen molar-refractivity contribution in [3.8, 4) is 0 Å². The van der Waals surface area contributed by atoms with Crippen molar-refractivity contribution in [1.82, 2.24) is 0 Å². The van der Waals surface area contributed by atoms with Crippen molar-refractivity contribution in [2.45, 2.75) is 0 Å². The van der Waals surface area contributed by atoms with Crippen molar-refractivity contribution in [3.05, 3.63) is 53.6 Å². The number of carbonyl (C=O) groups excluding carboxylic acids is 1. The van der Waals surface area contributed by atoms with Gasteiger partial charge in [-0.25, -0.2) is 4.79 Å². The van der Waals surface area contributed by atoms with Crippen molar-refractivity contribution in [1.29, 1.82) is 0 Å². The molecule has 1 aliphatic rings. The van der Waals surface area contributed by atoms with Crippen molar-refractivity contribution in [2.24, 2.45) is 5.16 Å². The van der Waals surface area contributed by atoms with Gasteiger partial charge in [-0.15, -0.1) is 11.6 Å². The molecule has 0 N–H and O–H groups in total. The quantitative estimate of drug-likeness (QED) is 0.468. The lowest BCUT2D eigenvalue weighted by Crippen LogP contribution is -2.05. The number of rotatable bonds is 3. The van der Waals surface area contributed by atoms with Crippen LogP contribution in [0.15, 0.2) is 53.2 Å². The summed E-state index contributed by atoms with van der Waals surface area (Å²) in [5.74, 6) is -0.296. The zero-order valence-electron chi connectivity index (χ0n) is 8.97. The topological polar surface area (TPSA) is 38.7 Å². The molecule has 0 fully saturated rings. The third-order valence-corrected chi connectivity index (χ3v) is 2.50. The van der Waals surface area contributed by atoms with Gasteiger partial charge in [0.15, 0.2) is 0 Å². The highest BCUT2D eigenvalue weighted by atomic mass is 35.5. The first-order chi connectivity index (χ1) is 8.31. The van der Waals surface area contributed by atoms with E-state index >= 15 is 0 Å². The lowest BCUT2D eigenvalue weighted by molar-refractivity contribution is -0.136. The molecule has 0 saturated carbocycles. The van der Waals surface area contributed by atoms with Crippen molar-refractivity contribution >= 4 is 29.4 Å². The summed E-state index contributed by atoms with van der Waals surface area (Å²) < 4.78 is 0. The fourth-order valence-corrected chi connectivity index (χ4v) is 1.59. The Bertz CT molecular complexity index is 503. The third kappa shape index (κ3) is 2.82. The van der Waals surface area contributed by atoms with E-state index in [2.05, 4.69) is 9.99 Å². The highest BCUT2D eigenvalue weighted by Crippen LogP contribution is 2.12. The maximum Gasteiger partial charge on any atom is 0.367 e. The van der Waals surface area contributed by atoms with E-state index in [9.17, 15) is 4.79 Å². The highest BCUT2D eigenvalue weighted by Gasteiger charge is 2.23. The molecule has 0 unspecified atom stereocenters. The van der Waals surface area contributed by atoms with E-state index in [1.54, 1.807) is 12.2 Å². The predicted molar refractivity (Wildman–Crippen MR) is 67.8 cm³/mol. The van der Waals surface area contributed by atoms with Crippen LogP contribution in [0.5, 0.6) is 0 Å². The first-order valence-electron chi connectivity index (χ1n) is 5.09. The van der Waals surface area contributed by atoms with E-state index in [0.29, 0.717) is 11.3 Å². The Balaban J connectivity index is 2.13. The van der Waals surface area contributed by atoms with Crippen LogP contribution in [0.4, 0.5) is 0 Å². The molecule has 0 aromatic heterocycles. The predicted octanol–water partition coefficient (Wildman–Crippen LogP) is 2.78. The van der Waals surface area contributed by atoms with Crippen LogP contribution in [-0.2, 0) is 9.63 Å². The van der Waals surface area contributed by atoms with Gasteiger partial charge in [-0.2, -0.15) is 0 Å². The van der Waals surface area contributed by atoms with Crippen LogP contribution in [0, 0.1) is 0 Å². The number of hydrogen-bond acceptors (Lipinski definition) is 3. The summed E-state index contributed by atoms with van der Waals surface area (Å²) >= 11 is 5.64. The Hall–Kier alpha value is -1.87. The minimum atomic E-state index is -0.460. The lowest BCUT2D eigenvalue weighted by atomic mass is 10.1. The van der Waals surface area contributed by atoms with Crippen LogP contribution >= 0.6 is 11.6 Å². The Kier molecular flexibility index (Phi) is 3.73. The molecule has 2 rings (SSSR count). The van der Waals surface area contributed by atoms with Crippen molar-refractivity contribution < 1.29 is 9.63 Å². The van der Waals surface area contributed by atoms with Gasteiger partial charge in [-0.3, -0.25) is 0 Å². The van der Waals surface area contributed by atoms with Crippen LogP contribution < -0.4 is 0 Å². The molecule has 0 saturated heterocycles. The van der Waals surface area contributed by atoms with E-state index in [1.165, 1.54) is 0 Å². The number of allylic oxidation sites excluding steroid dienone is 2. The van der Waals surface area contributed by atoms with E-state index in [0.717, 1.165) is 5.56 Å². The summed E-state index contributed by atoms with van der Waals surface area (Å²) in [5.41, 5.74) is 1.93. The maximum absolute atomic E-state index is 11.3. The summed E-state index contributed by atoms with van der Waals surface area (Å²) in [5, 5.41) is 3.58. The number of hydrogen-bond donors (Lipinski definition) is 0. The van der Waals surface area contributed by atoms with Gasteiger partial charge < -0.3 is 4.84 Å². The van der Waals surface area contributed by atoms with E-state index < -0.39 is 5.97 Å². The SMILES string of the molecule is O=C1ON=C(CCl)/C1=C/C=C\c1ccccc1. The van der Waals surface area contributed by atoms with Crippen molar-refractivity contribution in [3.63, 3.8) is 0 Å². The van der Waals surface area contributed by atoms with Gasteiger partial charge in [0.25, 0.3) is 0 Å². The first-order valence-corrected chi connectivity index (χ1v) is 5.62. The van der Waals surface area contributed by atoms with Gasteiger partial charge in [0.2, 0.25) is 0 Å². The van der Waals surface area contributed by atoms with Crippen LogP contribution in [-0.4, -0.2) is 17.6 Å². The monoisotopic (exact) mass is 247 g/mol. The number of oxime groups is 1. The van der Waals surface area contributed by atoms with Gasteiger partial charge in [-0.1, -0.05) is 47.6 Å². The van der Waals surface area contributed by atoms with Crippen LogP contribution in [0.25, 0.3) is 6.08 Å². The standard InChI is InChI=1S/C13H10ClNO2/c14-9-12-11(13(16)17-15-12)8-4-7-10-5-2-1-3-6-10/h1-8H,9H2/b7-4-,11-8-. The number of carbonyl (C=O) groups is 1. The molecule has 17 heavy (non-hydrogen) atoms. The highest BCUT2D eigenvalue weighted by molar-refractivity contribution is 6.37. The average molecular weight is 248 g/mol. The molecule has 1 aromatic carbocycles. The number of nitrogens with zero attached hydrogens (tertiary/aromatic N) is 1. The molecular weight excluding hydrogens is 238 g/mol. The zero-order chi connectivity index (χ0) is 12.1. The average Bonchev–Trinajstić information content (AvgIpc) is 2.72. The second-order valence-electron chi connectivity index (χ2n) is 3.40. The summed E-state index contributed by atoms with van der Waals surface area (Å²) in [6.07, 6.45) is 5.33. The smallest absolute Gasteiger partial charge is 0.312 e. The minimum absolute atomic E-state index is 0.163. The van der Waals surface area contributed by atoms with Crippen molar-refractivity contribution in [2.75, 3.05) is 5.88 Å². The Morgan fingerprint density at radius 3 is 2.76 bits per heavy atom. The van der Waals surface area contributed by atoms with Gasteiger partial charge in [-0.05, 0) is 11.6 Å². The molecule has 0 atom stereocenters. The minimum Gasteiger partial charge on any atom is -0.312 e. The molecule has 0 amide bonds. The number of halogens is 1. The summed E-state index contributed by atoms with van der Waals surface area (Å²) in [6, 6.07) is 9.78.